The molecule has 2 aromatic heterocycles. The first-order valence-corrected chi connectivity index (χ1v) is 23.0. The average Bonchev–Trinajstić information content (AvgIpc) is 4.09. The molecule has 6 N–H and O–H groups in total. The van der Waals surface area contributed by atoms with E-state index in [1.165, 1.54) is 0 Å². The van der Waals surface area contributed by atoms with Crippen molar-refractivity contribution in [3.63, 3.8) is 0 Å². The second-order valence-corrected chi connectivity index (χ2v) is 17.8. The molecule has 0 amide bonds. The van der Waals surface area contributed by atoms with Crippen molar-refractivity contribution in [3.05, 3.63) is 99.5 Å². The number of aliphatic hydroxyl groups is 4. The van der Waals surface area contributed by atoms with E-state index < -0.39 is 36.7 Å². The molecule has 3 aromatic carbocycles. The van der Waals surface area contributed by atoms with Crippen LogP contribution in [-0.2, 0) is 40.0 Å². The number of carbonyl (C=O) groups is 1. The number of carboxylic acid groups (broad SMARTS) is 1. The molecule has 5 aromatic rings. The fourth-order valence-corrected chi connectivity index (χ4v) is 9.46. The molecule has 6 unspecified atom stereocenters. The van der Waals surface area contributed by atoms with Crippen molar-refractivity contribution in [2.75, 3.05) is 35.0 Å². The number of benzene rings is 3. The second-order valence-electron chi connectivity index (χ2n) is 17.8. The lowest BCUT2D eigenvalue weighted by Crippen LogP contribution is -2.30. The van der Waals surface area contributed by atoms with Gasteiger partial charge in [0.1, 0.15) is 41.0 Å². The first kappa shape index (κ1) is 49.4. The van der Waals surface area contributed by atoms with Crippen LogP contribution in [0, 0.1) is 19.8 Å². The van der Waals surface area contributed by atoms with Crippen LogP contribution in [0.15, 0.2) is 54.6 Å². The number of fused-ring (bicyclic) bond motifs is 1. The summed E-state index contributed by atoms with van der Waals surface area (Å²) in [5.74, 6) is 2.27. The number of hydrogen-bond acceptors (Lipinski definition) is 14. The van der Waals surface area contributed by atoms with E-state index in [1.807, 2.05) is 13.8 Å². The summed E-state index contributed by atoms with van der Waals surface area (Å²) in [7, 11) is 6.29. The van der Waals surface area contributed by atoms with Gasteiger partial charge in [-0.15, -0.1) is 0 Å². The highest BCUT2D eigenvalue weighted by atomic mass is 16.5. The molecule has 16 nitrogen and oxygen atoms in total. The van der Waals surface area contributed by atoms with E-state index >= 15 is 0 Å². The molecular formula is C51H65N3O13. The summed E-state index contributed by atoms with van der Waals surface area (Å²) < 4.78 is 42.3. The standard InChI is InChI=1S/C51H65N3O13/c1-28-40(61-3)20-33(21-41(28)62-4)49(59)44(66-36-9-7-8-10-36)25-35-14-13-32(24-48(57)58)51(52-35)65-27-31-11-15-37(17-31)67-45(50(60)34-22-42(63-5)29(2)43(23-34)64-6)26-46-53-38-16-12-30(19-47(55)56)18-39(38)54-46/h12-14,16,18,20-23,31,36-37,44-45,48-50,57-60H,7-11,15,17,19,24-27H2,1-6H3,(H,53,54)(H,55,56). The summed E-state index contributed by atoms with van der Waals surface area (Å²) >= 11 is 0. The number of H-pyrrole nitrogens is 1. The summed E-state index contributed by atoms with van der Waals surface area (Å²) in [6.45, 7) is 4.05. The molecule has 362 valence electrons. The molecular weight excluding hydrogens is 863 g/mol. The monoisotopic (exact) mass is 927 g/mol. The maximum absolute atomic E-state index is 12.0. The smallest absolute Gasteiger partial charge is 0.307 e. The molecule has 67 heavy (non-hydrogen) atoms. The minimum Gasteiger partial charge on any atom is -0.496 e. The number of aromatic nitrogens is 3. The molecule has 0 bridgehead atoms. The van der Waals surface area contributed by atoms with Crippen molar-refractivity contribution in [2.45, 2.75) is 127 Å². The normalized spacial score (nSPS) is 18.3. The van der Waals surface area contributed by atoms with E-state index in [1.54, 1.807) is 83.0 Å². The molecule has 2 fully saturated rings. The van der Waals surface area contributed by atoms with Gasteiger partial charge in [0.15, 0.2) is 6.29 Å². The molecule has 2 aliphatic rings. The number of pyridine rings is 1. The summed E-state index contributed by atoms with van der Waals surface area (Å²) in [5, 5.41) is 53.3. The SMILES string of the molecule is COc1cc(C(O)C(Cc2ccc(CC(O)O)c(OCC3CCC(OC(Cc4nc5ccc(CC(=O)O)cc5[nH]4)C(O)c4cc(OC)c(C)c(OC)c4)C3)n2)OC2CCCC2)cc(OC)c1C. The minimum absolute atomic E-state index is 0.00780. The van der Waals surface area contributed by atoms with E-state index in [0.717, 1.165) is 43.2 Å². The van der Waals surface area contributed by atoms with Crippen LogP contribution >= 0.6 is 0 Å². The van der Waals surface area contributed by atoms with Crippen molar-refractivity contribution in [3.8, 4) is 28.9 Å². The van der Waals surface area contributed by atoms with Gasteiger partial charge < -0.3 is 63.7 Å². The van der Waals surface area contributed by atoms with E-state index in [2.05, 4.69) is 4.98 Å². The number of nitrogens with one attached hydrogen (secondary N) is 1. The minimum atomic E-state index is -1.62. The topological polar surface area (TPSA) is 224 Å². The third kappa shape index (κ3) is 12.4. The Balaban J connectivity index is 1.08. The number of rotatable bonds is 23. The Hall–Kier alpha value is -5.49. The number of nitrogens with zero attached hydrogens (tertiary/aromatic N) is 2. The first-order chi connectivity index (χ1) is 32.2. The van der Waals surface area contributed by atoms with E-state index in [-0.39, 0.29) is 56.3 Å². The molecule has 2 saturated carbocycles. The highest BCUT2D eigenvalue weighted by molar-refractivity contribution is 5.78. The Kier molecular flexibility index (Phi) is 16.6. The molecule has 6 atom stereocenters. The fraction of sp³-hybridized carbons (Fsp3) is 0.510. The van der Waals surface area contributed by atoms with Gasteiger partial charge in [-0.25, -0.2) is 9.97 Å². The van der Waals surface area contributed by atoms with Crippen LogP contribution in [0.4, 0.5) is 0 Å². The van der Waals surface area contributed by atoms with Gasteiger partial charge in [0.05, 0.1) is 76.9 Å². The number of carboxylic acids is 1. The maximum atomic E-state index is 12.0. The van der Waals surface area contributed by atoms with Crippen LogP contribution < -0.4 is 23.7 Å². The third-order valence-corrected chi connectivity index (χ3v) is 13.1. The fourth-order valence-electron chi connectivity index (χ4n) is 9.46. The number of ether oxygens (including phenoxy) is 7. The van der Waals surface area contributed by atoms with Gasteiger partial charge >= 0.3 is 5.97 Å². The summed E-state index contributed by atoms with van der Waals surface area (Å²) in [6, 6.07) is 16.0. The second kappa shape index (κ2) is 22.5. The quantitative estimate of drug-likeness (QED) is 0.0380. The van der Waals surface area contributed by atoms with Crippen LogP contribution in [-0.4, -0.2) is 112 Å². The van der Waals surface area contributed by atoms with Crippen molar-refractivity contribution >= 4 is 17.0 Å². The van der Waals surface area contributed by atoms with Crippen molar-refractivity contribution < 1.29 is 63.5 Å². The maximum Gasteiger partial charge on any atom is 0.307 e. The van der Waals surface area contributed by atoms with Crippen LogP contribution in [0.1, 0.15) is 102 Å². The summed E-state index contributed by atoms with van der Waals surface area (Å²) in [6.07, 6.45) is 0.799. The molecule has 2 heterocycles. The zero-order chi connectivity index (χ0) is 47.8. The zero-order valence-electron chi connectivity index (χ0n) is 39.2. The van der Waals surface area contributed by atoms with E-state index in [0.29, 0.717) is 80.6 Å². The average molecular weight is 928 g/mol. The molecule has 0 spiro atoms. The Morgan fingerprint density at radius 3 is 1.85 bits per heavy atom. The van der Waals surface area contributed by atoms with Gasteiger partial charge in [0.2, 0.25) is 5.88 Å². The Morgan fingerprint density at radius 2 is 1.28 bits per heavy atom. The molecule has 0 aliphatic heterocycles. The van der Waals surface area contributed by atoms with Crippen molar-refractivity contribution in [2.24, 2.45) is 5.92 Å². The van der Waals surface area contributed by atoms with Gasteiger partial charge in [0.25, 0.3) is 0 Å². The largest absolute Gasteiger partial charge is 0.496 e. The summed E-state index contributed by atoms with van der Waals surface area (Å²) in [4.78, 5) is 24.4. The number of aliphatic carboxylic acids is 1. The van der Waals surface area contributed by atoms with Crippen LogP contribution in [0.5, 0.6) is 28.9 Å². The van der Waals surface area contributed by atoms with Crippen molar-refractivity contribution in [1.29, 1.82) is 0 Å². The molecule has 2 aliphatic carbocycles. The van der Waals surface area contributed by atoms with Crippen molar-refractivity contribution in [1.82, 2.24) is 15.0 Å². The molecule has 7 rings (SSSR count). The first-order valence-electron chi connectivity index (χ1n) is 23.0. The number of aromatic amines is 1. The Morgan fingerprint density at radius 1 is 0.701 bits per heavy atom. The summed E-state index contributed by atoms with van der Waals surface area (Å²) in [5.41, 5.74) is 5.88. The predicted octanol–water partition coefficient (Wildman–Crippen LogP) is 6.60. The van der Waals surface area contributed by atoms with E-state index in [4.69, 9.17) is 43.1 Å². The number of imidazole rings is 1. The van der Waals surface area contributed by atoms with Crippen LogP contribution in [0.2, 0.25) is 0 Å². The van der Waals surface area contributed by atoms with Gasteiger partial charge in [-0.1, -0.05) is 25.0 Å². The zero-order valence-corrected chi connectivity index (χ0v) is 39.2. The predicted molar refractivity (Wildman–Crippen MR) is 248 cm³/mol. The Labute approximate surface area is 391 Å². The van der Waals surface area contributed by atoms with Crippen LogP contribution in [0.25, 0.3) is 11.0 Å². The molecule has 0 saturated heterocycles. The van der Waals surface area contributed by atoms with Gasteiger partial charge in [0, 0.05) is 41.6 Å². The van der Waals surface area contributed by atoms with Gasteiger partial charge in [-0.2, -0.15) is 0 Å². The highest BCUT2D eigenvalue weighted by Crippen LogP contribution is 2.39. The third-order valence-electron chi connectivity index (χ3n) is 13.1. The number of methoxy groups -OCH3 is 4. The van der Waals surface area contributed by atoms with Gasteiger partial charge in [-0.3, -0.25) is 4.79 Å². The Bertz CT molecular complexity index is 2400. The van der Waals surface area contributed by atoms with Crippen LogP contribution in [0.3, 0.4) is 0 Å². The number of hydrogen-bond donors (Lipinski definition) is 6. The molecule has 16 heteroatoms. The lowest BCUT2D eigenvalue weighted by atomic mass is 9.97. The lowest BCUT2D eigenvalue weighted by molar-refractivity contribution is -0.136. The van der Waals surface area contributed by atoms with Gasteiger partial charge in [-0.05, 0) is 111 Å². The number of aliphatic hydroxyl groups excluding tert-OH is 3. The van der Waals surface area contributed by atoms with E-state index in [9.17, 15) is 30.3 Å². The lowest BCUT2D eigenvalue weighted by Gasteiger charge is -2.28. The molecule has 0 radical (unpaired) electrons. The highest BCUT2D eigenvalue weighted by Gasteiger charge is 2.34.